The van der Waals surface area contributed by atoms with E-state index < -0.39 is 11.5 Å². The van der Waals surface area contributed by atoms with Crippen molar-refractivity contribution in [3.05, 3.63) is 21.9 Å². The Labute approximate surface area is 168 Å². The molecule has 0 aromatic carbocycles. The summed E-state index contributed by atoms with van der Waals surface area (Å²) >= 11 is 1.56. The van der Waals surface area contributed by atoms with Crippen LogP contribution in [0.3, 0.4) is 0 Å². The smallest absolute Gasteiger partial charge is 0.254 e. The molecular weight excluding hydrogens is 384 g/mol. The lowest BCUT2D eigenvalue weighted by Crippen LogP contribution is -2.55. The highest BCUT2D eigenvalue weighted by atomic mass is 32.1. The number of thiophene rings is 1. The zero-order chi connectivity index (χ0) is 20.5. The number of carbonyl (C=O) groups is 2. The molecule has 2 aliphatic heterocycles. The quantitative estimate of drug-likeness (QED) is 0.822. The molecule has 0 spiro atoms. The average Bonchev–Trinajstić information content (AvgIpc) is 3.06. The number of halogens is 2. The first-order valence-corrected chi connectivity index (χ1v) is 10.8. The van der Waals surface area contributed by atoms with Crippen LogP contribution >= 0.6 is 11.3 Å². The lowest BCUT2D eigenvalue weighted by molar-refractivity contribution is -0.129. The highest BCUT2D eigenvalue weighted by molar-refractivity contribution is 7.10. The van der Waals surface area contributed by atoms with Gasteiger partial charge in [-0.2, -0.15) is 0 Å². The molecule has 2 amide bonds. The highest BCUT2D eigenvalue weighted by Crippen LogP contribution is 2.35. The summed E-state index contributed by atoms with van der Waals surface area (Å²) in [5, 5.41) is 1.85. The van der Waals surface area contributed by atoms with Gasteiger partial charge in [-0.15, -0.1) is 11.3 Å². The molecule has 2 fully saturated rings. The SMILES string of the molecule is CC(C)(C(N)=O)N1CCC(c2cc(C(=O)N3CCCC(F)(F)CC3)cs2)CC1. The Balaban J connectivity index is 1.60. The molecule has 0 radical (unpaired) electrons. The van der Waals surface area contributed by atoms with Gasteiger partial charge in [-0.05, 0) is 58.2 Å². The van der Waals surface area contributed by atoms with Gasteiger partial charge in [0.05, 0.1) is 11.1 Å². The standard InChI is InChI=1S/C20H29F2N3O2S/c1-19(2,18(23)27)25-9-4-14(5-10-25)16-12-15(13-28-16)17(26)24-8-3-6-20(21,22)7-11-24/h12-14H,3-11H2,1-2H3,(H2,23,27). The van der Waals surface area contributed by atoms with E-state index in [1.165, 1.54) is 0 Å². The Kier molecular flexibility index (Phi) is 6.10. The largest absolute Gasteiger partial charge is 0.368 e. The molecule has 0 bridgehead atoms. The number of likely N-dealkylation sites (tertiary alicyclic amines) is 2. The minimum Gasteiger partial charge on any atom is -0.368 e. The molecule has 2 aliphatic rings. The van der Waals surface area contributed by atoms with Crippen molar-refractivity contribution in [2.45, 2.75) is 63.3 Å². The lowest BCUT2D eigenvalue weighted by Gasteiger charge is -2.40. The third-order valence-electron chi connectivity index (χ3n) is 6.16. The fourth-order valence-corrected chi connectivity index (χ4v) is 5.06. The summed E-state index contributed by atoms with van der Waals surface area (Å²) in [5.41, 5.74) is 5.46. The number of piperidine rings is 1. The molecule has 3 heterocycles. The Morgan fingerprint density at radius 1 is 1.18 bits per heavy atom. The maximum Gasteiger partial charge on any atom is 0.254 e. The molecule has 2 saturated heterocycles. The second kappa shape index (κ2) is 8.06. The Bertz CT molecular complexity index is 727. The second-order valence-corrected chi connectivity index (χ2v) is 9.37. The molecule has 2 N–H and O–H groups in total. The maximum absolute atomic E-state index is 13.5. The van der Waals surface area contributed by atoms with Crippen molar-refractivity contribution in [2.75, 3.05) is 26.2 Å². The summed E-state index contributed by atoms with van der Waals surface area (Å²) in [5.74, 6) is -2.79. The van der Waals surface area contributed by atoms with Crippen LogP contribution in [-0.2, 0) is 4.79 Å². The molecule has 3 rings (SSSR count). The highest BCUT2D eigenvalue weighted by Gasteiger charge is 2.36. The van der Waals surface area contributed by atoms with Crippen molar-refractivity contribution in [3.63, 3.8) is 0 Å². The third kappa shape index (κ3) is 4.54. The first kappa shape index (κ1) is 21.2. The van der Waals surface area contributed by atoms with Gasteiger partial charge in [-0.25, -0.2) is 8.78 Å². The van der Waals surface area contributed by atoms with Crippen LogP contribution in [0.25, 0.3) is 0 Å². The Morgan fingerprint density at radius 2 is 1.86 bits per heavy atom. The molecule has 8 heteroatoms. The van der Waals surface area contributed by atoms with Gasteiger partial charge < -0.3 is 10.6 Å². The molecule has 0 aliphatic carbocycles. The summed E-state index contributed by atoms with van der Waals surface area (Å²) in [6.07, 6.45) is 1.74. The van der Waals surface area contributed by atoms with E-state index in [4.69, 9.17) is 5.73 Å². The summed E-state index contributed by atoms with van der Waals surface area (Å²) < 4.78 is 27.1. The van der Waals surface area contributed by atoms with Crippen LogP contribution in [0.1, 0.15) is 67.1 Å². The monoisotopic (exact) mass is 413 g/mol. The van der Waals surface area contributed by atoms with Crippen molar-refractivity contribution < 1.29 is 18.4 Å². The summed E-state index contributed by atoms with van der Waals surface area (Å²) in [7, 11) is 0. The fraction of sp³-hybridized carbons (Fsp3) is 0.700. The first-order valence-electron chi connectivity index (χ1n) is 9.91. The van der Waals surface area contributed by atoms with Crippen LogP contribution < -0.4 is 5.73 Å². The van der Waals surface area contributed by atoms with Gasteiger partial charge in [0, 0.05) is 36.2 Å². The number of hydrogen-bond donors (Lipinski definition) is 1. The van der Waals surface area contributed by atoms with Crippen LogP contribution in [0.15, 0.2) is 11.4 Å². The molecule has 1 aromatic heterocycles. The van der Waals surface area contributed by atoms with Crippen LogP contribution in [-0.4, -0.2) is 59.3 Å². The van der Waals surface area contributed by atoms with Crippen molar-refractivity contribution in [1.29, 1.82) is 0 Å². The summed E-state index contributed by atoms with van der Waals surface area (Å²) in [4.78, 5) is 29.2. The molecule has 0 unspecified atom stereocenters. The number of carbonyl (C=O) groups excluding carboxylic acids is 2. The van der Waals surface area contributed by atoms with E-state index in [2.05, 4.69) is 4.90 Å². The van der Waals surface area contributed by atoms with Gasteiger partial charge in [0.1, 0.15) is 0 Å². The van der Waals surface area contributed by atoms with Gasteiger partial charge >= 0.3 is 0 Å². The molecule has 0 atom stereocenters. The normalized spacial score (nSPS) is 22.1. The number of rotatable bonds is 4. The molecule has 5 nitrogen and oxygen atoms in total. The number of nitrogens with two attached hydrogens (primary N) is 1. The predicted molar refractivity (Wildman–Crippen MR) is 106 cm³/mol. The van der Waals surface area contributed by atoms with E-state index in [1.807, 2.05) is 25.3 Å². The van der Waals surface area contributed by atoms with Gasteiger partial charge in [0.15, 0.2) is 0 Å². The van der Waals surface area contributed by atoms with Gasteiger partial charge in [-0.1, -0.05) is 0 Å². The number of alkyl halides is 2. The van der Waals surface area contributed by atoms with Crippen molar-refractivity contribution >= 4 is 23.2 Å². The van der Waals surface area contributed by atoms with E-state index >= 15 is 0 Å². The fourth-order valence-electron chi connectivity index (χ4n) is 4.01. The second-order valence-electron chi connectivity index (χ2n) is 8.42. The number of hydrogen-bond acceptors (Lipinski definition) is 4. The van der Waals surface area contributed by atoms with E-state index in [9.17, 15) is 18.4 Å². The minimum atomic E-state index is -2.67. The van der Waals surface area contributed by atoms with E-state index in [0.29, 0.717) is 24.4 Å². The zero-order valence-electron chi connectivity index (χ0n) is 16.5. The predicted octanol–water partition coefficient (Wildman–Crippen LogP) is 3.45. The van der Waals surface area contributed by atoms with Crippen LogP contribution in [0.2, 0.25) is 0 Å². The van der Waals surface area contributed by atoms with Crippen LogP contribution in [0.5, 0.6) is 0 Å². The van der Waals surface area contributed by atoms with Crippen molar-refractivity contribution in [1.82, 2.24) is 9.80 Å². The molecular formula is C20H29F2N3O2S. The van der Waals surface area contributed by atoms with Gasteiger partial charge in [0.2, 0.25) is 11.8 Å². The van der Waals surface area contributed by atoms with Crippen molar-refractivity contribution in [3.8, 4) is 0 Å². The van der Waals surface area contributed by atoms with Crippen LogP contribution in [0, 0.1) is 0 Å². The van der Waals surface area contributed by atoms with Gasteiger partial charge in [0.25, 0.3) is 5.91 Å². The summed E-state index contributed by atoms with van der Waals surface area (Å²) in [6.45, 7) is 5.76. The lowest BCUT2D eigenvalue weighted by atomic mass is 9.90. The average molecular weight is 414 g/mol. The Morgan fingerprint density at radius 3 is 2.50 bits per heavy atom. The molecule has 1 aromatic rings. The van der Waals surface area contributed by atoms with Crippen LogP contribution in [0.4, 0.5) is 8.78 Å². The van der Waals surface area contributed by atoms with E-state index in [0.717, 1.165) is 30.8 Å². The third-order valence-corrected chi connectivity index (χ3v) is 7.26. The van der Waals surface area contributed by atoms with E-state index in [1.54, 1.807) is 16.2 Å². The first-order chi connectivity index (χ1) is 13.1. The molecule has 156 valence electrons. The van der Waals surface area contributed by atoms with Crippen molar-refractivity contribution in [2.24, 2.45) is 5.73 Å². The maximum atomic E-state index is 13.5. The molecule has 0 saturated carbocycles. The Hall–Kier alpha value is -1.54. The van der Waals surface area contributed by atoms with Gasteiger partial charge in [-0.3, -0.25) is 14.5 Å². The zero-order valence-corrected chi connectivity index (χ0v) is 17.4. The topological polar surface area (TPSA) is 66.6 Å². The summed E-state index contributed by atoms with van der Waals surface area (Å²) in [6, 6.07) is 1.93. The number of nitrogens with zero attached hydrogens (tertiary/aromatic N) is 2. The molecule has 28 heavy (non-hydrogen) atoms. The number of primary amides is 1. The van der Waals surface area contributed by atoms with E-state index in [-0.39, 0.29) is 31.2 Å². The minimum absolute atomic E-state index is 0.109. The number of amides is 2.